The highest BCUT2D eigenvalue weighted by Crippen LogP contribution is 2.13. The summed E-state index contributed by atoms with van der Waals surface area (Å²) < 4.78 is 7.30. The van der Waals surface area contributed by atoms with Crippen LogP contribution in [0.15, 0.2) is 24.3 Å². The van der Waals surface area contributed by atoms with Gasteiger partial charge in [0.15, 0.2) is 0 Å². The van der Waals surface area contributed by atoms with Gasteiger partial charge in [0.1, 0.15) is 12.1 Å². The van der Waals surface area contributed by atoms with Crippen LogP contribution < -0.4 is 0 Å². The minimum atomic E-state index is 0.0580. The molecule has 1 aromatic heterocycles. The number of morpholine rings is 1. The molecule has 6 nitrogen and oxygen atoms in total. The molecule has 1 amide bonds. The van der Waals surface area contributed by atoms with Gasteiger partial charge in [-0.3, -0.25) is 4.79 Å². The predicted octanol–water partition coefficient (Wildman–Crippen LogP) is 1.07. The fourth-order valence-electron chi connectivity index (χ4n) is 2.64. The lowest BCUT2D eigenvalue weighted by Crippen LogP contribution is -2.49. The number of carbonyl (C=O) groups excluding carboxylic acids is 1. The van der Waals surface area contributed by atoms with Crippen LogP contribution in [0, 0.1) is 0 Å². The van der Waals surface area contributed by atoms with Gasteiger partial charge in [-0.05, 0) is 26.0 Å². The Balaban J connectivity index is 1.75. The summed E-state index contributed by atoms with van der Waals surface area (Å²) in [5.41, 5.74) is 1.69. The summed E-state index contributed by atoms with van der Waals surface area (Å²) in [5.74, 6) is 0.0580. The third kappa shape index (κ3) is 2.51. The Labute approximate surface area is 117 Å². The number of hydrogen-bond acceptors (Lipinski definition) is 4. The minimum absolute atomic E-state index is 0.0580. The quantitative estimate of drug-likeness (QED) is 0.822. The highest BCUT2D eigenvalue weighted by molar-refractivity contribution is 5.79. The summed E-state index contributed by atoms with van der Waals surface area (Å²) in [6.07, 6.45) is 0.158. The minimum Gasteiger partial charge on any atom is -0.372 e. The zero-order chi connectivity index (χ0) is 14.1. The first-order valence-corrected chi connectivity index (χ1v) is 6.85. The fraction of sp³-hybridized carbons (Fsp3) is 0.500. The van der Waals surface area contributed by atoms with Gasteiger partial charge in [0, 0.05) is 13.1 Å². The Morgan fingerprint density at radius 3 is 2.75 bits per heavy atom. The first kappa shape index (κ1) is 13.1. The van der Waals surface area contributed by atoms with E-state index in [0.717, 1.165) is 11.0 Å². The molecule has 2 aromatic rings. The molecule has 2 heterocycles. The molecule has 0 spiro atoms. The molecule has 6 heteroatoms. The number of hydrogen-bond donors (Lipinski definition) is 0. The zero-order valence-corrected chi connectivity index (χ0v) is 11.7. The molecule has 0 radical (unpaired) electrons. The van der Waals surface area contributed by atoms with Crippen LogP contribution in [0.1, 0.15) is 13.8 Å². The standard InChI is InChI=1S/C14H18N4O2/c1-10-7-17(8-11(2)20-10)14(19)9-18-13-6-4-3-5-12(13)15-16-18/h3-6,10-11H,7-9H2,1-2H3. The number of fused-ring (bicyclic) bond motifs is 1. The Morgan fingerprint density at radius 1 is 1.30 bits per heavy atom. The van der Waals surface area contributed by atoms with Crippen LogP contribution in [-0.2, 0) is 16.1 Å². The van der Waals surface area contributed by atoms with Crippen molar-refractivity contribution in [2.75, 3.05) is 13.1 Å². The molecular formula is C14H18N4O2. The second kappa shape index (κ2) is 5.20. The third-order valence-electron chi connectivity index (χ3n) is 3.48. The van der Waals surface area contributed by atoms with Crippen LogP contribution >= 0.6 is 0 Å². The Bertz CT molecular complexity index is 614. The SMILES string of the molecule is CC1CN(C(=O)Cn2nnc3ccccc32)CC(C)O1. The van der Waals surface area contributed by atoms with Gasteiger partial charge in [0.05, 0.1) is 17.7 Å². The summed E-state index contributed by atoms with van der Waals surface area (Å²) in [4.78, 5) is 14.2. The van der Waals surface area contributed by atoms with E-state index >= 15 is 0 Å². The van der Waals surface area contributed by atoms with Crippen LogP contribution in [0.2, 0.25) is 0 Å². The third-order valence-corrected chi connectivity index (χ3v) is 3.48. The normalized spacial score (nSPS) is 23.2. The number of rotatable bonds is 2. The number of carbonyl (C=O) groups is 1. The number of para-hydroxylation sites is 1. The average molecular weight is 274 g/mol. The van der Waals surface area contributed by atoms with Gasteiger partial charge >= 0.3 is 0 Å². The molecule has 0 saturated carbocycles. The van der Waals surface area contributed by atoms with Crippen LogP contribution in [0.25, 0.3) is 11.0 Å². The van der Waals surface area contributed by atoms with E-state index in [1.165, 1.54) is 0 Å². The monoisotopic (exact) mass is 274 g/mol. The van der Waals surface area contributed by atoms with Crippen molar-refractivity contribution in [3.8, 4) is 0 Å². The molecule has 0 bridgehead atoms. The molecule has 1 aliphatic rings. The molecule has 20 heavy (non-hydrogen) atoms. The fourth-order valence-corrected chi connectivity index (χ4v) is 2.64. The van der Waals surface area contributed by atoms with Crippen molar-refractivity contribution in [2.24, 2.45) is 0 Å². The lowest BCUT2D eigenvalue weighted by atomic mass is 10.2. The molecule has 2 atom stereocenters. The van der Waals surface area contributed by atoms with Crippen molar-refractivity contribution in [3.63, 3.8) is 0 Å². The summed E-state index contributed by atoms with van der Waals surface area (Å²) in [7, 11) is 0. The summed E-state index contributed by atoms with van der Waals surface area (Å²) in [6.45, 7) is 5.47. The Morgan fingerprint density at radius 2 is 2.00 bits per heavy atom. The molecule has 1 saturated heterocycles. The number of ether oxygens (including phenoxy) is 1. The van der Waals surface area contributed by atoms with Gasteiger partial charge in [-0.25, -0.2) is 4.68 Å². The maximum Gasteiger partial charge on any atom is 0.244 e. The maximum atomic E-state index is 12.4. The summed E-state index contributed by atoms with van der Waals surface area (Å²) in [6, 6.07) is 7.65. The van der Waals surface area contributed by atoms with Crippen LogP contribution in [-0.4, -0.2) is 51.1 Å². The molecule has 1 aliphatic heterocycles. The van der Waals surface area contributed by atoms with Gasteiger partial charge in [-0.15, -0.1) is 5.10 Å². The summed E-state index contributed by atoms with van der Waals surface area (Å²) in [5, 5.41) is 8.12. The second-order valence-corrected chi connectivity index (χ2v) is 5.29. The predicted molar refractivity (Wildman–Crippen MR) is 74.1 cm³/mol. The van der Waals surface area contributed by atoms with Crippen molar-refractivity contribution >= 4 is 16.9 Å². The molecule has 3 rings (SSSR count). The summed E-state index contributed by atoms with van der Waals surface area (Å²) >= 11 is 0. The van der Waals surface area contributed by atoms with Crippen LogP contribution in [0.5, 0.6) is 0 Å². The molecule has 0 aliphatic carbocycles. The van der Waals surface area contributed by atoms with Crippen molar-refractivity contribution in [1.29, 1.82) is 0 Å². The lowest BCUT2D eigenvalue weighted by molar-refractivity contribution is -0.143. The highest BCUT2D eigenvalue weighted by Gasteiger charge is 2.26. The van der Waals surface area contributed by atoms with E-state index in [1.807, 2.05) is 43.0 Å². The van der Waals surface area contributed by atoms with E-state index < -0.39 is 0 Å². The lowest BCUT2D eigenvalue weighted by Gasteiger charge is -2.35. The van der Waals surface area contributed by atoms with E-state index in [0.29, 0.717) is 13.1 Å². The number of benzene rings is 1. The molecule has 1 fully saturated rings. The second-order valence-electron chi connectivity index (χ2n) is 5.29. The van der Waals surface area contributed by atoms with Crippen LogP contribution in [0.3, 0.4) is 0 Å². The van der Waals surface area contributed by atoms with Crippen molar-refractivity contribution in [2.45, 2.75) is 32.6 Å². The van der Waals surface area contributed by atoms with Gasteiger partial charge < -0.3 is 9.64 Å². The topological polar surface area (TPSA) is 60.2 Å². The smallest absolute Gasteiger partial charge is 0.244 e. The first-order chi connectivity index (χ1) is 9.63. The van der Waals surface area contributed by atoms with Gasteiger partial charge in [-0.1, -0.05) is 17.3 Å². The van der Waals surface area contributed by atoms with E-state index in [2.05, 4.69) is 10.3 Å². The largest absolute Gasteiger partial charge is 0.372 e. The molecule has 0 N–H and O–H groups in total. The molecule has 106 valence electrons. The van der Waals surface area contributed by atoms with Crippen molar-refractivity contribution < 1.29 is 9.53 Å². The van der Waals surface area contributed by atoms with Crippen LogP contribution in [0.4, 0.5) is 0 Å². The first-order valence-electron chi connectivity index (χ1n) is 6.85. The number of aromatic nitrogens is 3. The van der Waals surface area contributed by atoms with Gasteiger partial charge in [0.25, 0.3) is 0 Å². The Hall–Kier alpha value is -1.95. The number of amides is 1. The molecule has 2 unspecified atom stereocenters. The van der Waals surface area contributed by atoms with Gasteiger partial charge in [-0.2, -0.15) is 0 Å². The van der Waals surface area contributed by atoms with Gasteiger partial charge in [0.2, 0.25) is 5.91 Å². The van der Waals surface area contributed by atoms with Crippen molar-refractivity contribution in [3.05, 3.63) is 24.3 Å². The van der Waals surface area contributed by atoms with E-state index in [1.54, 1.807) is 4.68 Å². The maximum absolute atomic E-state index is 12.4. The van der Waals surface area contributed by atoms with E-state index in [9.17, 15) is 4.79 Å². The Kier molecular flexibility index (Phi) is 3.40. The van der Waals surface area contributed by atoms with E-state index in [4.69, 9.17) is 4.74 Å². The molecule has 1 aromatic carbocycles. The highest BCUT2D eigenvalue weighted by atomic mass is 16.5. The number of nitrogens with zero attached hydrogens (tertiary/aromatic N) is 4. The average Bonchev–Trinajstić information content (AvgIpc) is 2.81. The van der Waals surface area contributed by atoms with Crippen molar-refractivity contribution in [1.82, 2.24) is 19.9 Å². The van der Waals surface area contributed by atoms with E-state index in [-0.39, 0.29) is 24.7 Å². The zero-order valence-electron chi connectivity index (χ0n) is 11.7. The molecular weight excluding hydrogens is 256 g/mol.